The molecule has 1 aliphatic rings. The van der Waals surface area contributed by atoms with Crippen molar-refractivity contribution in [2.45, 2.75) is 19.9 Å². The summed E-state index contributed by atoms with van der Waals surface area (Å²) in [6, 6.07) is 14.5. The minimum atomic E-state index is -0.571. The lowest BCUT2D eigenvalue weighted by molar-refractivity contribution is -0.136. The number of allylic oxidation sites excluding steroid dienone is 1. The van der Waals surface area contributed by atoms with Crippen LogP contribution in [0, 0.1) is 0 Å². The van der Waals surface area contributed by atoms with E-state index in [0.717, 1.165) is 5.56 Å². The van der Waals surface area contributed by atoms with Crippen molar-refractivity contribution in [1.29, 1.82) is 0 Å². The molecule has 0 aliphatic carbocycles. The second-order valence-corrected chi connectivity index (χ2v) is 7.20. The van der Waals surface area contributed by atoms with Gasteiger partial charge in [-0.15, -0.1) is 0 Å². The number of ether oxygens (including phenoxy) is 1. The Labute approximate surface area is 174 Å². The maximum Gasteiger partial charge on any atom is 0.340 e. The van der Waals surface area contributed by atoms with Gasteiger partial charge < -0.3 is 9.64 Å². The fraction of sp³-hybridized carbons (Fsp3) is 0.182. The standard InChI is InChI=1S/C22H19Cl2NO3/c1-13(15-8-5-4-6-9-15)25-14(2)19(22(27)28-3)17(21(25)26)12-16-10-7-11-18(23)20(16)24/h4-13H,1-3H3/b17-12-/t13-/m1/s1. The van der Waals surface area contributed by atoms with Gasteiger partial charge in [0.2, 0.25) is 0 Å². The average molecular weight is 416 g/mol. The van der Waals surface area contributed by atoms with Crippen molar-refractivity contribution in [1.82, 2.24) is 4.90 Å². The summed E-state index contributed by atoms with van der Waals surface area (Å²) in [4.78, 5) is 27.4. The van der Waals surface area contributed by atoms with E-state index in [0.29, 0.717) is 21.3 Å². The van der Waals surface area contributed by atoms with E-state index in [4.69, 9.17) is 27.9 Å². The number of nitrogens with zero attached hydrogens (tertiary/aromatic N) is 1. The third-order valence-corrected chi connectivity index (χ3v) is 5.62. The van der Waals surface area contributed by atoms with Crippen LogP contribution in [0.3, 0.4) is 0 Å². The topological polar surface area (TPSA) is 46.6 Å². The highest BCUT2D eigenvalue weighted by Gasteiger charge is 2.39. The normalized spacial score (nSPS) is 16.7. The lowest BCUT2D eigenvalue weighted by Crippen LogP contribution is -2.28. The van der Waals surface area contributed by atoms with E-state index < -0.39 is 5.97 Å². The van der Waals surface area contributed by atoms with Crippen LogP contribution in [0.2, 0.25) is 10.0 Å². The van der Waals surface area contributed by atoms with Crippen LogP contribution in [-0.2, 0) is 14.3 Å². The molecule has 1 aliphatic heterocycles. The third-order valence-electron chi connectivity index (χ3n) is 4.78. The summed E-state index contributed by atoms with van der Waals surface area (Å²) in [5.41, 5.74) is 2.52. The zero-order valence-corrected chi connectivity index (χ0v) is 17.2. The van der Waals surface area contributed by atoms with Crippen molar-refractivity contribution in [2.24, 2.45) is 0 Å². The molecule has 4 nitrogen and oxygen atoms in total. The zero-order valence-electron chi connectivity index (χ0n) is 15.7. The van der Waals surface area contributed by atoms with Crippen LogP contribution in [-0.4, -0.2) is 23.9 Å². The molecule has 0 saturated carbocycles. The number of carbonyl (C=O) groups is 2. The lowest BCUT2D eigenvalue weighted by Gasteiger charge is -2.26. The first-order chi connectivity index (χ1) is 13.4. The van der Waals surface area contributed by atoms with Crippen molar-refractivity contribution in [3.63, 3.8) is 0 Å². The van der Waals surface area contributed by atoms with Gasteiger partial charge in [0.15, 0.2) is 0 Å². The second kappa shape index (κ2) is 8.21. The van der Waals surface area contributed by atoms with Gasteiger partial charge >= 0.3 is 5.97 Å². The number of esters is 1. The smallest absolute Gasteiger partial charge is 0.340 e. The number of carbonyl (C=O) groups excluding carboxylic acids is 2. The Bertz CT molecular complexity index is 996. The number of amides is 1. The largest absolute Gasteiger partial charge is 0.465 e. The quantitative estimate of drug-likeness (QED) is 0.494. The van der Waals surface area contributed by atoms with Gasteiger partial charge in [0, 0.05) is 5.70 Å². The second-order valence-electron chi connectivity index (χ2n) is 6.41. The van der Waals surface area contributed by atoms with Crippen LogP contribution in [0.1, 0.15) is 31.0 Å². The first kappa shape index (κ1) is 20.2. The molecule has 1 heterocycles. The minimum Gasteiger partial charge on any atom is -0.465 e. The molecule has 0 spiro atoms. The van der Waals surface area contributed by atoms with E-state index in [1.807, 2.05) is 37.3 Å². The first-order valence-corrected chi connectivity index (χ1v) is 9.46. The SMILES string of the molecule is COC(=O)C1=C(C)N([C@H](C)c2ccccc2)C(=O)/C1=C\c1cccc(Cl)c1Cl. The molecule has 6 heteroatoms. The first-order valence-electron chi connectivity index (χ1n) is 8.70. The predicted molar refractivity (Wildman–Crippen MR) is 111 cm³/mol. The molecule has 0 bridgehead atoms. The highest BCUT2D eigenvalue weighted by molar-refractivity contribution is 6.43. The summed E-state index contributed by atoms with van der Waals surface area (Å²) in [6.07, 6.45) is 1.59. The molecular weight excluding hydrogens is 397 g/mol. The average Bonchev–Trinajstić information content (AvgIpc) is 2.94. The fourth-order valence-corrected chi connectivity index (χ4v) is 3.69. The molecule has 28 heavy (non-hydrogen) atoms. The van der Waals surface area contributed by atoms with Crippen molar-refractivity contribution in [3.8, 4) is 0 Å². The number of halogens is 2. The van der Waals surface area contributed by atoms with E-state index in [2.05, 4.69) is 0 Å². The molecule has 3 rings (SSSR count). The maximum absolute atomic E-state index is 13.3. The number of hydrogen-bond acceptors (Lipinski definition) is 3. The Balaban J connectivity index is 2.13. The molecule has 0 saturated heterocycles. The van der Waals surface area contributed by atoms with Crippen molar-refractivity contribution >= 4 is 41.2 Å². The number of methoxy groups -OCH3 is 1. The zero-order chi connectivity index (χ0) is 20.4. The summed E-state index contributed by atoms with van der Waals surface area (Å²) in [7, 11) is 1.29. The number of benzene rings is 2. The number of rotatable bonds is 4. The predicted octanol–water partition coefficient (Wildman–Crippen LogP) is 5.43. The van der Waals surface area contributed by atoms with Gasteiger partial charge in [-0.05, 0) is 37.1 Å². The van der Waals surface area contributed by atoms with Gasteiger partial charge in [0.1, 0.15) is 0 Å². The Morgan fingerprint density at radius 1 is 1.11 bits per heavy atom. The van der Waals surface area contributed by atoms with Gasteiger partial charge in [-0.3, -0.25) is 4.79 Å². The van der Waals surface area contributed by atoms with Gasteiger partial charge in [0.05, 0.1) is 34.3 Å². The monoisotopic (exact) mass is 415 g/mol. The molecule has 0 unspecified atom stereocenters. The van der Waals surface area contributed by atoms with Crippen molar-refractivity contribution < 1.29 is 14.3 Å². The van der Waals surface area contributed by atoms with Crippen molar-refractivity contribution in [2.75, 3.05) is 7.11 Å². The van der Waals surface area contributed by atoms with E-state index in [1.54, 1.807) is 36.1 Å². The molecule has 2 aromatic carbocycles. The molecule has 0 fully saturated rings. The maximum atomic E-state index is 13.3. The summed E-state index contributed by atoms with van der Waals surface area (Å²) < 4.78 is 4.93. The van der Waals surface area contributed by atoms with E-state index >= 15 is 0 Å². The van der Waals surface area contributed by atoms with Crippen molar-refractivity contribution in [3.05, 3.63) is 86.5 Å². The Morgan fingerprint density at radius 2 is 1.79 bits per heavy atom. The highest BCUT2D eigenvalue weighted by Crippen LogP contribution is 2.38. The fourth-order valence-electron chi connectivity index (χ4n) is 3.33. The van der Waals surface area contributed by atoms with Crippen LogP contribution >= 0.6 is 23.2 Å². The molecule has 1 atom stereocenters. The highest BCUT2D eigenvalue weighted by atomic mass is 35.5. The molecule has 2 aromatic rings. The molecular formula is C22H19Cl2NO3. The van der Waals surface area contributed by atoms with Gasteiger partial charge in [-0.1, -0.05) is 65.7 Å². The molecule has 0 aromatic heterocycles. The Hall–Kier alpha value is -2.56. The Morgan fingerprint density at radius 3 is 2.43 bits per heavy atom. The summed E-state index contributed by atoms with van der Waals surface area (Å²) in [5.74, 6) is -0.858. The number of hydrogen-bond donors (Lipinski definition) is 0. The van der Waals surface area contributed by atoms with Crippen LogP contribution in [0.4, 0.5) is 0 Å². The van der Waals surface area contributed by atoms with Crippen LogP contribution < -0.4 is 0 Å². The minimum absolute atomic E-state index is 0.228. The van der Waals surface area contributed by atoms with Gasteiger partial charge in [-0.25, -0.2) is 4.79 Å². The van der Waals surface area contributed by atoms with E-state index in [9.17, 15) is 9.59 Å². The van der Waals surface area contributed by atoms with Gasteiger partial charge in [0.25, 0.3) is 5.91 Å². The molecule has 144 valence electrons. The third kappa shape index (κ3) is 3.58. The molecule has 0 N–H and O–H groups in total. The van der Waals surface area contributed by atoms with Crippen LogP contribution in [0.15, 0.2) is 65.4 Å². The summed E-state index contributed by atoms with van der Waals surface area (Å²) in [5, 5.41) is 0.692. The van der Waals surface area contributed by atoms with E-state index in [1.165, 1.54) is 7.11 Å². The van der Waals surface area contributed by atoms with Gasteiger partial charge in [-0.2, -0.15) is 0 Å². The summed E-state index contributed by atoms with van der Waals surface area (Å²) >= 11 is 12.4. The van der Waals surface area contributed by atoms with E-state index in [-0.39, 0.29) is 23.1 Å². The Kier molecular flexibility index (Phi) is 5.92. The summed E-state index contributed by atoms with van der Waals surface area (Å²) in [6.45, 7) is 3.66. The molecule has 1 amide bonds. The van der Waals surface area contributed by atoms with Crippen LogP contribution in [0.25, 0.3) is 6.08 Å². The molecule has 0 radical (unpaired) electrons. The lowest BCUT2D eigenvalue weighted by atomic mass is 10.0. The van der Waals surface area contributed by atoms with Crippen LogP contribution in [0.5, 0.6) is 0 Å².